The summed E-state index contributed by atoms with van der Waals surface area (Å²) in [6, 6.07) is 16.5. The summed E-state index contributed by atoms with van der Waals surface area (Å²) < 4.78 is 42.0. The molecule has 0 saturated heterocycles. The molecule has 8 heteroatoms. The minimum Gasteiger partial charge on any atom is -0.384 e. The fourth-order valence-corrected chi connectivity index (χ4v) is 2.91. The van der Waals surface area contributed by atoms with Crippen LogP contribution in [0.3, 0.4) is 0 Å². The van der Waals surface area contributed by atoms with Crippen LogP contribution >= 0.6 is 0 Å². The van der Waals surface area contributed by atoms with Gasteiger partial charge in [-0.2, -0.15) is 18.2 Å². The van der Waals surface area contributed by atoms with Gasteiger partial charge in [0.1, 0.15) is 0 Å². The highest BCUT2D eigenvalue weighted by atomic mass is 19.4. The number of rotatable bonds is 3. The van der Waals surface area contributed by atoms with Gasteiger partial charge in [-0.15, -0.1) is 0 Å². The maximum absolute atomic E-state index is 12.6. The van der Waals surface area contributed by atoms with Crippen molar-refractivity contribution in [1.82, 2.24) is 10.1 Å². The van der Waals surface area contributed by atoms with Crippen LogP contribution in [0.2, 0.25) is 0 Å². The van der Waals surface area contributed by atoms with Gasteiger partial charge < -0.3 is 9.36 Å². The highest BCUT2D eigenvalue weighted by Crippen LogP contribution is 2.36. The predicted octanol–water partition coefficient (Wildman–Crippen LogP) is 4.80. The summed E-state index contributed by atoms with van der Waals surface area (Å²) in [4.78, 5) is 9.06. The van der Waals surface area contributed by atoms with Crippen LogP contribution in [0.5, 0.6) is 0 Å². The lowest BCUT2D eigenvalue weighted by Crippen LogP contribution is -2.21. The summed E-state index contributed by atoms with van der Waals surface area (Å²) in [6.07, 6.45) is -4.08. The Morgan fingerprint density at radius 2 is 1.63 bits per heavy atom. The zero-order valence-corrected chi connectivity index (χ0v) is 14.2. The van der Waals surface area contributed by atoms with Gasteiger partial charge in [0.05, 0.1) is 5.71 Å². The average molecular weight is 373 g/mol. The SMILES string of the molecule is CC1(c2ccccc2)CC(c2ccc(-c3noc(C(F)(F)F)n3)cc2)=NO1. The zero-order valence-electron chi connectivity index (χ0n) is 14.2. The molecular formula is C19H14F3N3O2. The summed E-state index contributed by atoms with van der Waals surface area (Å²) in [7, 11) is 0. The second-order valence-corrected chi connectivity index (χ2v) is 6.40. The Balaban J connectivity index is 1.53. The number of aromatic nitrogens is 2. The van der Waals surface area contributed by atoms with Gasteiger partial charge in [-0.3, -0.25) is 0 Å². The lowest BCUT2D eigenvalue weighted by atomic mass is 9.89. The van der Waals surface area contributed by atoms with Crippen LogP contribution in [-0.2, 0) is 16.6 Å². The fraction of sp³-hybridized carbons (Fsp3) is 0.211. The first-order valence-electron chi connectivity index (χ1n) is 8.17. The van der Waals surface area contributed by atoms with Crippen molar-refractivity contribution in [2.24, 2.45) is 5.16 Å². The largest absolute Gasteiger partial charge is 0.471 e. The van der Waals surface area contributed by atoms with Gasteiger partial charge in [-0.1, -0.05) is 64.9 Å². The quantitative estimate of drug-likeness (QED) is 0.662. The molecule has 1 atom stereocenters. The second-order valence-electron chi connectivity index (χ2n) is 6.40. The van der Waals surface area contributed by atoms with Crippen LogP contribution in [0, 0.1) is 0 Å². The first-order valence-corrected chi connectivity index (χ1v) is 8.17. The third-order valence-corrected chi connectivity index (χ3v) is 4.39. The van der Waals surface area contributed by atoms with Gasteiger partial charge in [0.25, 0.3) is 0 Å². The third-order valence-electron chi connectivity index (χ3n) is 4.39. The number of hydrogen-bond donors (Lipinski definition) is 0. The van der Waals surface area contributed by atoms with Gasteiger partial charge in [0, 0.05) is 12.0 Å². The summed E-state index contributed by atoms with van der Waals surface area (Å²) in [5, 5.41) is 7.57. The second kappa shape index (κ2) is 6.22. The molecule has 0 fully saturated rings. The van der Waals surface area contributed by atoms with Gasteiger partial charge in [-0.05, 0) is 18.1 Å². The van der Waals surface area contributed by atoms with E-state index in [1.807, 2.05) is 37.3 Å². The number of hydrogen-bond acceptors (Lipinski definition) is 5. The monoisotopic (exact) mass is 373 g/mol. The highest BCUT2D eigenvalue weighted by Gasteiger charge is 2.39. The van der Waals surface area contributed by atoms with Crippen LogP contribution in [0.4, 0.5) is 13.2 Å². The first-order chi connectivity index (χ1) is 12.9. The minimum absolute atomic E-state index is 0.118. The molecule has 1 aliphatic heterocycles. The average Bonchev–Trinajstić information content (AvgIpc) is 3.31. The maximum atomic E-state index is 12.6. The molecule has 0 spiro atoms. The van der Waals surface area contributed by atoms with Crippen molar-refractivity contribution in [3.8, 4) is 11.4 Å². The molecule has 138 valence electrons. The smallest absolute Gasteiger partial charge is 0.384 e. The van der Waals surface area contributed by atoms with Gasteiger partial charge in [0.2, 0.25) is 5.82 Å². The van der Waals surface area contributed by atoms with Crippen molar-refractivity contribution >= 4 is 5.71 Å². The molecule has 0 aliphatic carbocycles. The Morgan fingerprint density at radius 1 is 0.963 bits per heavy atom. The molecule has 1 aromatic heterocycles. The topological polar surface area (TPSA) is 60.5 Å². The van der Waals surface area contributed by atoms with Crippen molar-refractivity contribution in [3.05, 3.63) is 71.6 Å². The Hall–Kier alpha value is -3.16. The molecule has 3 aromatic rings. The maximum Gasteiger partial charge on any atom is 0.471 e. The molecule has 5 nitrogen and oxygen atoms in total. The molecule has 2 heterocycles. The zero-order chi connectivity index (χ0) is 19.1. The molecule has 27 heavy (non-hydrogen) atoms. The van der Waals surface area contributed by atoms with Crippen LogP contribution in [0.15, 0.2) is 64.3 Å². The van der Waals surface area contributed by atoms with Crippen molar-refractivity contribution in [1.29, 1.82) is 0 Å². The number of halogens is 3. The van der Waals surface area contributed by atoms with Gasteiger partial charge in [0.15, 0.2) is 5.60 Å². The molecule has 0 amide bonds. The van der Waals surface area contributed by atoms with Crippen LogP contribution in [0.1, 0.15) is 30.4 Å². The van der Waals surface area contributed by atoms with E-state index in [1.54, 1.807) is 24.3 Å². The van der Waals surface area contributed by atoms with Crippen molar-refractivity contribution < 1.29 is 22.5 Å². The van der Waals surface area contributed by atoms with E-state index in [1.165, 1.54) is 0 Å². The first kappa shape index (κ1) is 17.3. The molecule has 0 radical (unpaired) electrons. The van der Waals surface area contributed by atoms with E-state index in [2.05, 4.69) is 19.8 Å². The number of alkyl halides is 3. The number of nitrogens with zero attached hydrogens (tertiary/aromatic N) is 3. The van der Waals surface area contributed by atoms with Crippen LogP contribution in [0.25, 0.3) is 11.4 Å². The molecule has 1 aliphatic rings. The number of benzene rings is 2. The lowest BCUT2D eigenvalue weighted by Gasteiger charge is -2.21. The standard InChI is InChI=1S/C19H14F3N3O2/c1-18(14-5-3-2-4-6-14)11-15(24-27-18)12-7-9-13(10-8-12)16-23-17(26-25-16)19(20,21)22/h2-10H,11H2,1H3. The van der Waals surface area contributed by atoms with Crippen molar-refractivity contribution in [3.63, 3.8) is 0 Å². The molecule has 4 rings (SSSR count). The molecule has 0 N–H and O–H groups in total. The summed E-state index contributed by atoms with van der Waals surface area (Å²) in [5.41, 5.74) is 2.47. The van der Waals surface area contributed by atoms with Gasteiger partial charge in [-0.25, -0.2) is 0 Å². The summed E-state index contributed by atoms with van der Waals surface area (Å²) in [6.45, 7) is 1.96. The highest BCUT2D eigenvalue weighted by molar-refractivity contribution is 6.02. The third kappa shape index (κ3) is 3.30. The molecule has 0 saturated carbocycles. The minimum atomic E-state index is -4.66. The molecule has 1 unspecified atom stereocenters. The van der Waals surface area contributed by atoms with Crippen molar-refractivity contribution in [2.45, 2.75) is 25.1 Å². The Labute approximate surface area is 152 Å². The Bertz CT molecular complexity index is 981. The van der Waals surface area contributed by atoms with E-state index < -0.39 is 17.7 Å². The Kier molecular flexibility index (Phi) is 3.98. The normalized spacial score (nSPS) is 19.6. The fourth-order valence-electron chi connectivity index (χ4n) is 2.91. The van der Waals surface area contributed by atoms with Crippen molar-refractivity contribution in [2.75, 3.05) is 0 Å². The Morgan fingerprint density at radius 3 is 2.26 bits per heavy atom. The molecular weight excluding hydrogens is 359 g/mol. The summed E-state index contributed by atoms with van der Waals surface area (Å²) >= 11 is 0. The lowest BCUT2D eigenvalue weighted by molar-refractivity contribution is -0.159. The van der Waals surface area contributed by atoms with E-state index in [4.69, 9.17) is 4.84 Å². The van der Waals surface area contributed by atoms with Crippen LogP contribution < -0.4 is 0 Å². The summed E-state index contributed by atoms with van der Waals surface area (Å²) in [5.74, 6) is -1.48. The number of oxime groups is 1. The van der Waals surface area contributed by atoms with Gasteiger partial charge >= 0.3 is 12.1 Å². The van der Waals surface area contributed by atoms with E-state index in [0.29, 0.717) is 12.0 Å². The molecule has 0 bridgehead atoms. The predicted molar refractivity (Wildman–Crippen MR) is 90.8 cm³/mol. The van der Waals surface area contributed by atoms with E-state index in [0.717, 1.165) is 16.8 Å². The van der Waals surface area contributed by atoms with Crippen LogP contribution in [-0.4, -0.2) is 15.9 Å². The molecule has 2 aromatic carbocycles. The van der Waals surface area contributed by atoms with E-state index in [-0.39, 0.29) is 5.82 Å². The van der Waals surface area contributed by atoms with E-state index in [9.17, 15) is 13.2 Å². The van der Waals surface area contributed by atoms with E-state index >= 15 is 0 Å².